The largest absolute Gasteiger partial charge is 0.348 e. The van der Waals surface area contributed by atoms with Crippen molar-refractivity contribution in [2.75, 3.05) is 18.0 Å². The minimum atomic E-state index is -3.49. The molecular weight excluding hydrogens is 518 g/mol. The van der Waals surface area contributed by atoms with Gasteiger partial charge in [0.15, 0.2) is 15.0 Å². The lowest BCUT2D eigenvalue weighted by Crippen LogP contribution is -2.39. The number of piperidine rings is 1. The van der Waals surface area contributed by atoms with Gasteiger partial charge in [-0.3, -0.25) is 0 Å². The molecule has 0 saturated carbocycles. The molecule has 0 unspecified atom stereocenters. The lowest BCUT2D eigenvalue weighted by molar-refractivity contribution is 0.529. The number of benzene rings is 2. The van der Waals surface area contributed by atoms with Crippen molar-refractivity contribution in [1.29, 1.82) is 0 Å². The average Bonchev–Trinajstić information content (AvgIpc) is 3.18. The molecule has 1 fully saturated rings. The zero-order chi connectivity index (χ0) is 22.2. The number of aromatic nitrogens is 1. The van der Waals surface area contributed by atoms with Crippen molar-refractivity contribution in [3.8, 4) is 0 Å². The van der Waals surface area contributed by atoms with E-state index in [1.165, 1.54) is 18.2 Å². The fourth-order valence-corrected chi connectivity index (χ4v) is 7.43. The summed E-state index contributed by atoms with van der Waals surface area (Å²) < 4.78 is 26.1. The maximum atomic E-state index is 13.0. The molecule has 0 spiro atoms. The van der Waals surface area contributed by atoms with Crippen molar-refractivity contribution in [3.63, 3.8) is 0 Å². The summed E-state index contributed by atoms with van der Waals surface area (Å²) in [5.74, 6) is 0. The number of halogens is 4. The SMILES string of the molecule is O=S(=O)(c1cc(Cl)cc(Cl)c1)C1CCN(c2nc(Cc3ccc(Cl)cc3Cl)cs2)CC1. The molecule has 0 amide bonds. The quantitative estimate of drug-likeness (QED) is 0.361. The van der Waals surface area contributed by atoms with Gasteiger partial charge in [-0.25, -0.2) is 13.4 Å². The molecule has 31 heavy (non-hydrogen) atoms. The van der Waals surface area contributed by atoms with Crippen LogP contribution in [-0.2, 0) is 16.3 Å². The molecule has 1 saturated heterocycles. The van der Waals surface area contributed by atoms with E-state index in [9.17, 15) is 8.42 Å². The molecule has 2 aromatic carbocycles. The van der Waals surface area contributed by atoms with E-state index >= 15 is 0 Å². The van der Waals surface area contributed by atoms with Crippen molar-refractivity contribution in [1.82, 2.24) is 4.98 Å². The second kappa shape index (κ2) is 9.46. The summed E-state index contributed by atoms with van der Waals surface area (Å²) in [4.78, 5) is 7.04. The van der Waals surface area contributed by atoms with E-state index in [1.807, 2.05) is 17.5 Å². The second-order valence-electron chi connectivity index (χ2n) is 7.37. The van der Waals surface area contributed by atoms with Gasteiger partial charge in [0, 0.05) is 45.0 Å². The third kappa shape index (κ3) is 5.32. The maximum absolute atomic E-state index is 13.0. The number of anilines is 1. The summed E-state index contributed by atoms with van der Waals surface area (Å²) >= 11 is 25.8. The molecule has 1 aliphatic heterocycles. The minimum Gasteiger partial charge on any atom is -0.348 e. The van der Waals surface area contributed by atoms with Crippen LogP contribution in [0.3, 0.4) is 0 Å². The molecule has 10 heteroatoms. The normalized spacial score (nSPS) is 15.4. The number of sulfone groups is 1. The van der Waals surface area contributed by atoms with E-state index in [-0.39, 0.29) is 4.90 Å². The summed E-state index contributed by atoms with van der Waals surface area (Å²) in [6.45, 7) is 1.24. The Morgan fingerprint density at radius 3 is 2.29 bits per heavy atom. The van der Waals surface area contributed by atoms with Crippen LogP contribution in [-0.4, -0.2) is 31.7 Å². The summed E-state index contributed by atoms with van der Waals surface area (Å²) in [5, 5.41) is 4.29. The van der Waals surface area contributed by atoms with E-state index in [1.54, 1.807) is 17.4 Å². The van der Waals surface area contributed by atoms with Gasteiger partial charge in [0.25, 0.3) is 0 Å². The Labute approximate surface area is 205 Å². The molecule has 0 bridgehead atoms. The molecule has 4 rings (SSSR count). The van der Waals surface area contributed by atoms with Crippen LogP contribution in [0.4, 0.5) is 5.13 Å². The molecule has 2 heterocycles. The van der Waals surface area contributed by atoms with E-state index < -0.39 is 15.1 Å². The highest BCUT2D eigenvalue weighted by atomic mass is 35.5. The molecule has 0 aliphatic carbocycles. The first-order chi connectivity index (χ1) is 14.7. The predicted octanol–water partition coefficient (Wildman–Crippen LogP) is 6.79. The zero-order valence-corrected chi connectivity index (χ0v) is 20.9. The van der Waals surface area contributed by atoms with Crippen LogP contribution in [0.2, 0.25) is 20.1 Å². The summed E-state index contributed by atoms with van der Waals surface area (Å²) in [6, 6.07) is 9.90. The molecule has 1 aliphatic rings. The Morgan fingerprint density at radius 1 is 0.968 bits per heavy atom. The van der Waals surface area contributed by atoms with E-state index in [2.05, 4.69) is 4.90 Å². The highest BCUT2D eigenvalue weighted by Crippen LogP contribution is 2.32. The highest BCUT2D eigenvalue weighted by Gasteiger charge is 2.32. The molecule has 0 radical (unpaired) electrons. The van der Waals surface area contributed by atoms with Crippen molar-refractivity contribution < 1.29 is 8.42 Å². The van der Waals surface area contributed by atoms with Crippen molar-refractivity contribution >= 4 is 72.7 Å². The number of rotatable bonds is 5. The maximum Gasteiger partial charge on any atom is 0.185 e. The van der Waals surface area contributed by atoms with E-state index in [4.69, 9.17) is 51.4 Å². The number of hydrogen-bond donors (Lipinski definition) is 0. The molecular formula is C21H18Cl4N2O2S2. The lowest BCUT2D eigenvalue weighted by Gasteiger charge is -2.31. The van der Waals surface area contributed by atoms with Gasteiger partial charge in [0.05, 0.1) is 15.8 Å². The second-order valence-corrected chi connectivity index (χ2v) is 12.2. The molecule has 0 N–H and O–H groups in total. The summed E-state index contributed by atoms with van der Waals surface area (Å²) in [5.41, 5.74) is 1.89. The Morgan fingerprint density at radius 2 is 1.65 bits per heavy atom. The first-order valence-electron chi connectivity index (χ1n) is 9.55. The number of nitrogens with zero attached hydrogens (tertiary/aromatic N) is 2. The third-order valence-corrected chi connectivity index (χ3v) is 9.46. The number of thiazole rings is 1. The van der Waals surface area contributed by atoms with E-state index in [0.717, 1.165) is 16.4 Å². The van der Waals surface area contributed by atoms with Gasteiger partial charge in [-0.05, 0) is 48.7 Å². The average molecular weight is 536 g/mol. The van der Waals surface area contributed by atoms with Crippen LogP contribution in [0.25, 0.3) is 0 Å². The van der Waals surface area contributed by atoms with Gasteiger partial charge < -0.3 is 4.90 Å². The van der Waals surface area contributed by atoms with E-state index in [0.29, 0.717) is 52.4 Å². The molecule has 1 aromatic heterocycles. The molecule has 0 atom stereocenters. The predicted molar refractivity (Wildman–Crippen MR) is 130 cm³/mol. The highest BCUT2D eigenvalue weighted by molar-refractivity contribution is 7.92. The van der Waals surface area contributed by atoms with Crippen LogP contribution in [0.1, 0.15) is 24.1 Å². The monoisotopic (exact) mass is 534 g/mol. The van der Waals surface area contributed by atoms with Crippen LogP contribution in [0, 0.1) is 0 Å². The Bertz CT molecular complexity index is 1190. The Kier molecular flexibility index (Phi) is 7.06. The third-order valence-electron chi connectivity index (χ3n) is 5.24. The number of hydrogen-bond acceptors (Lipinski definition) is 5. The van der Waals surface area contributed by atoms with Crippen LogP contribution >= 0.6 is 57.7 Å². The minimum absolute atomic E-state index is 0.180. The van der Waals surface area contributed by atoms with Gasteiger partial charge >= 0.3 is 0 Å². The van der Waals surface area contributed by atoms with Crippen LogP contribution in [0.5, 0.6) is 0 Å². The summed E-state index contributed by atoms with van der Waals surface area (Å²) in [6.07, 6.45) is 1.65. The van der Waals surface area contributed by atoms with Gasteiger partial charge in [0.1, 0.15) is 0 Å². The van der Waals surface area contributed by atoms with Crippen LogP contribution < -0.4 is 4.90 Å². The molecule has 4 nitrogen and oxygen atoms in total. The zero-order valence-electron chi connectivity index (χ0n) is 16.2. The van der Waals surface area contributed by atoms with Crippen molar-refractivity contribution in [2.24, 2.45) is 0 Å². The smallest absolute Gasteiger partial charge is 0.185 e. The molecule has 164 valence electrons. The topological polar surface area (TPSA) is 50.3 Å². The van der Waals surface area contributed by atoms with Gasteiger partial charge in [-0.2, -0.15) is 0 Å². The van der Waals surface area contributed by atoms with Crippen LogP contribution in [0.15, 0.2) is 46.7 Å². The van der Waals surface area contributed by atoms with Gasteiger partial charge in [-0.15, -0.1) is 11.3 Å². The van der Waals surface area contributed by atoms with Crippen molar-refractivity contribution in [3.05, 3.63) is 73.1 Å². The lowest BCUT2D eigenvalue weighted by atomic mass is 10.1. The first-order valence-corrected chi connectivity index (χ1v) is 13.5. The Balaban J connectivity index is 1.42. The molecule has 3 aromatic rings. The fourth-order valence-electron chi connectivity index (χ4n) is 3.63. The summed E-state index contributed by atoms with van der Waals surface area (Å²) in [7, 11) is -3.49. The van der Waals surface area contributed by atoms with Gasteiger partial charge in [0.2, 0.25) is 0 Å². The van der Waals surface area contributed by atoms with Crippen molar-refractivity contribution in [2.45, 2.75) is 29.4 Å². The van der Waals surface area contributed by atoms with Gasteiger partial charge in [-0.1, -0.05) is 52.5 Å². The standard InChI is InChI=1S/C21H18Cl4N2O2S2/c22-14-2-1-13(20(25)11-14)7-17-12-30-21(26-17)27-5-3-18(4-6-27)31(28,29)19-9-15(23)8-16(24)10-19/h1-2,8-12,18H,3-7H2. The fraction of sp³-hybridized carbons (Fsp3) is 0.286. The first kappa shape index (κ1) is 23.1. The Hall–Kier alpha value is -1.02.